The summed E-state index contributed by atoms with van der Waals surface area (Å²) in [6.07, 6.45) is -4.36. The molecular formula is C14H23F5O2S. The molecule has 22 heavy (non-hydrogen) atoms. The molecule has 0 aliphatic rings. The number of alkyl halides is 5. The molecule has 0 fully saturated rings. The van der Waals surface area contributed by atoms with Gasteiger partial charge in [0, 0.05) is 6.42 Å². The summed E-state index contributed by atoms with van der Waals surface area (Å²) in [6.45, 7) is 4.05. The Morgan fingerprint density at radius 3 is 2.27 bits per heavy atom. The second-order valence-electron chi connectivity index (χ2n) is 5.05. The van der Waals surface area contributed by atoms with Crippen molar-refractivity contribution in [3.05, 3.63) is 0 Å². The fourth-order valence-corrected chi connectivity index (χ4v) is 2.46. The molecule has 0 radical (unpaired) electrons. The van der Waals surface area contributed by atoms with Gasteiger partial charge >= 0.3 is 18.1 Å². The molecule has 0 aliphatic heterocycles. The van der Waals surface area contributed by atoms with Crippen LogP contribution in [0.2, 0.25) is 0 Å². The number of rotatable bonds is 11. The first kappa shape index (κ1) is 21.5. The van der Waals surface area contributed by atoms with Gasteiger partial charge in [0.05, 0.1) is 11.9 Å². The molecule has 0 aromatic heterocycles. The Kier molecular flexibility index (Phi) is 10.0. The number of carbonyl (C=O) groups excluding carboxylic acids is 1. The topological polar surface area (TPSA) is 26.3 Å². The molecule has 0 spiro atoms. The highest BCUT2D eigenvalue weighted by atomic mass is 32.2. The van der Waals surface area contributed by atoms with E-state index in [9.17, 15) is 26.7 Å². The van der Waals surface area contributed by atoms with Crippen LogP contribution in [0.25, 0.3) is 0 Å². The van der Waals surface area contributed by atoms with Crippen molar-refractivity contribution < 1.29 is 31.5 Å². The molecule has 1 atom stereocenters. The number of halogens is 5. The predicted molar refractivity (Wildman–Crippen MR) is 77.3 cm³/mol. The van der Waals surface area contributed by atoms with Crippen LogP contribution in [-0.2, 0) is 9.53 Å². The Morgan fingerprint density at radius 1 is 1.09 bits per heavy atom. The lowest BCUT2D eigenvalue weighted by molar-refractivity contribution is -0.284. The molecule has 8 heteroatoms. The average molecular weight is 350 g/mol. The van der Waals surface area contributed by atoms with E-state index in [1.807, 2.05) is 6.92 Å². The minimum absolute atomic E-state index is 0.192. The number of esters is 1. The van der Waals surface area contributed by atoms with Gasteiger partial charge in [-0.25, -0.2) is 0 Å². The average Bonchev–Trinajstić information content (AvgIpc) is 2.41. The Labute approximate surface area is 132 Å². The zero-order chi connectivity index (χ0) is 17.2. The van der Waals surface area contributed by atoms with E-state index in [4.69, 9.17) is 4.74 Å². The fraction of sp³-hybridized carbons (Fsp3) is 0.929. The highest BCUT2D eigenvalue weighted by Crippen LogP contribution is 2.39. The molecule has 1 unspecified atom stereocenters. The van der Waals surface area contributed by atoms with E-state index in [-0.39, 0.29) is 24.1 Å². The molecule has 0 amide bonds. The van der Waals surface area contributed by atoms with E-state index in [0.717, 1.165) is 12.8 Å². The second kappa shape index (κ2) is 10.3. The van der Waals surface area contributed by atoms with Gasteiger partial charge in [-0.3, -0.25) is 4.79 Å². The number of ether oxygens (including phenoxy) is 1. The summed E-state index contributed by atoms with van der Waals surface area (Å²) in [6, 6.07) is 0. The Bertz CT molecular complexity index is 321. The van der Waals surface area contributed by atoms with Gasteiger partial charge in [0.2, 0.25) is 0 Å². The molecule has 0 saturated heterocycles. The van der Waals surface area contributed by atoms with E-state index < -0.39 is 18.5 Å². The van der Waals surface area contributed by atoms with E-state index in [1.54, 1.807) is 6.92 Å². The summed E-state index contributed by atoms with van der Waals surface area (Å²) in [4.78, 5) is 11.5. The van der Waals surface area contributed by atoms with E-state index in [1.165, 1.54) is 11.8 Å². The molecule has 0 bridgehead atoms. The van der Waals surface area contributed by atoms with Crippen molar-refractivity contribution in [1.82, 2.24) is 0 Å². The van der Waals surface area contributed by atoms with Crippen LogP contribution in [0.1, 0.15) is 52.4 Å². The summed E-state index contributed by atoms with van der Waals surface area (Å²) >= 11 is 1.32. The minimum atomic E-state index is -5.47. The van der Waals surface area contributed by atoms with Crippen LogP contribution < -0.4 is 0 Å². The van der Waals surface area contributed by atoms with Crippen molar-refractivity contribution in [3.63, 3.8) is 0 Å². The molecule has 2 nitrogen and oxygen atoms in total. The van der Waals surface area contributed by atoms with Crippen molar-refractivity contribution in [2.75, 3.05) is 12.4 Å². The van der Waals surface area contributed by atoms with Crippen LogP contribution in [0.15, 0.2) is 0 Å². The number of unbranched alkanes of at least 4 members (excludes halogenated alkanes) is 3. The molecule has 132 valence electrons. The molecule has 0 aromatic rings. The largest absolute Gasteiger partial charge is 0.465 e. The quantitative estimate of drug-likeness (QED) is 0.291. The van der Waals surface area contributed by atoms with Gasteiger partial charge in [-0.05, 0) is 31.9 Å². The number of carbonyl (C=O) groups is 1. The Morgan fingerprint density at radius 2 is 1.73 bits per heavy atom. The van der Waals surface area contributed by atoms with Gasteiger partial charge in [-0.1, -0.05) is 19.8 Å². The van der Waals surface area contributed by atoms with Crippen LogP contribution in [0.4, 0.5) is 22.0 Å². The third-order valence-electron chi connectivity index (χ3n) is 2.99. The molecule has 0 aromatic carbocycles. The lowest BCUT2D eigenvalue weighted by Crippen LogP contribution is -2.36. The van der Waals surface area contributed by atoms with Crippen molar-refractivity contribution in [1.29, 1.82) is 0 Å². The van der Waals surface area contributed by atoms with Crippen molar-refractivity contribution in [2.24, 2.45) is 0 Å². The first-order chi connectivity index (χ1) is 10.1. The monoisotopic (exact) mass is 350 g/mol. The summed E-state index contributed by atoms with van der Waals surface area (Å²) < 4.78 is 66.1. The van der Waals surface area contributed by atoms with E-state index in [0.29, 0.717) is 18.8 Å². The number of thioether (sulfide) groups is 1. The van der Waals surface area contributed by atoms with Crippen LogP contribution in [0.3, 0.4) is 0 Å². The highest BCUT2D eigenvalue weighted by Gasteiger charge is 2.56. The molecule has 0 rings (SSSR count). The molecule has 0 heterocycles. The summed E-state index contributed by atoms with van der Waals surface area (Å²) in [5.41, 5.74) is 0. The summed E-state index contributed by atoms with van der Waals surface area (Å²) in [5.74, 6) is -4.40. The van der Waals surface area contributed by atoms with Crippen molar-refractivity contribution >= 4 is 17.7 Å². The molecule has 0 N–H and O–H groups in total. The van der Waals surface area contributed by atoms with Crippen LogP contribution >= 0.6 is 11.8 Å². The smallest absolute Gasteiger partial charge is 0.453 e. The van der Waals surface area contributed by atoms with Crippen LogP contribution in [0.5, 0.6) is 0 Å². The van der Waals surface area contributed by atoms with Crippen LogP contribution in [0, 0.1) is 0 Å². The van der Waals surface area contributed by atoms with Crippen LogP contribution in [-0.4, -0.2) is 35.7 Å². The van der Waals surface area contributed by atoms with Gasteiger partial charge in [-0.2, -0.15) is 22.0 Å². The van der Waals surface area contributed by atoms with E-state index in [2.05, 4.69) is 0 Å². The SMILES string of the molecule is CCCCOC(=O)C(C)SCCCCCC(F)(F)C(F)(F)F. The number of hydrogen-bond acceptors (Lipinski definition) is 3. The summed E-state index contributed by atoms with van der Waals surface area (Å²) in [5, 5.41) is -0.353. The zero-order valence-electron chi connectivity index (χ0n) is 12.8. The molecule has 0 aliphatic carbocycles. The van der Waals surface area contributed by atoms with Gasteiger partial charge in [0.15, 0.2) is 0 Å². The molecular weight excluding hydrogens is 327 g/mol. The first-order valence-corrected chi connectivity index (χ1v) is 8.39. The lowest BCUT2D eigenvalue weighted by atomic mass is 10.1. The van der Waals surface area contributed by atoms with Gasteiger partial charge in [0.1, 0.15) is 0 Å². The highest BCUT2D eigenvalue weighted by molar-refractivity contribution is 8.00. The standard InChI is InChI=1S/C14H23F5O2S/c1-3-4-9-21-12(20)11(2)22-10-7-5-6-8-13(15,16)14(17,18)19/h11H,3-10H2,1-2H3. The van der Waals surface area contributed by atoms with Crippen molar-refractivity contribution in [3.8, 4) is 0 Å². The maximum Gasteiger partial charge on any atom is 0.453 e. The molecule has 0 saturated carbocycles. The maximum atomic E-state index is 12.6. The fourth-order valence-electron chi connectivity index (χ4n) is 1.53. The number of hydrogen-bond donors (Lipinski definition) is 0. The Balaban J connectivity index is 3.71. The normalized spacial score (nSPS) is 14.0. The predicted octanol–water partition coefficient (Wildman–Crippen LogP) is 5.21. The van der Waals surface area contributed by atoms with Gasteiger partial charge < -0.3 is 4.74 Å². The third kappa shape index (κ3) is 8.80. The van der Waals surface area contributed by atoms with Gasteiger partial charge in [-0.15, -0.1) is 11.8 Å². The first-order valence-electron chi connectivity index (χ1n) is 7.34. The van der Waals surface area contributed by atoms with Gasteiger partial charge in [0.25, 0.3) is 0 Å². The van der Waals surface area contributed by atoms with E-state index >= 15 is 0 Å². The second-order valence-corrected chi connectivity index (χ2v) is 6.50. The zero-order valence-corrected chi connectivity index (χ0v) is 13.7. The summed E-state index contributed by atoms with van der Waals surface area (Å²) in [7, 11) is 0. The maximum absolute atomic E-state index is 12.6. The Hall–Kier alpha value is -0.530. The minimum Gasteiger partial charge on any atom is -0.465 e. The van der Waals surface area contributed by atoms with Crippen molar-refractivity contribution in [2.45, 2.75) is 69.7 Å². The third-order valence-corrected chi connectivity index (χ3v) is 4.21. The lowest BCUT2D eigenvalue weighted by Gasteiger charge is -2.19.